The summed E-state index contributed by atoms with van der Waals surface area (Å²) in [6.45, 7) is 2.32. The molecule has 2 fully saturated rings. The topological polar surface area (TPSA) is 32.3 Å². The van der Waals surface area contributed by atoms with Gasteiger partial charge in [-0.25, -0.2) is 0 Å². The summed E-state index contributed by atoms with van der Waals surface area (Å²) in [5.41, 5.74) is 0. The van der Waals surface area contributed by atoms with Gasteiger partial charge >= 0.3 is 0 Å². The fraction of sp³-hybridized carbons (Fsp3) is 1.00. The Labute approximate surface area is 84.5 Å². The van der Waals surface area contributed by atoms with Crippen LogP contribution in [-0.4, -0.2) is 35.8 Å². The molecule has 1 aliphatic heterocycles. The van der Waals surface area contributed by atoms with Crippen LogP contribution in [0.25, 0.3) is 0 Å². The van der Waals surface area contributed by atoms with Crippen molar-refractivity contribution >= 4 is 11.8 Å². The number of thioether (sulfide) groups is 1. The second-order valence-corrected chi connectivity index (χ2v) is 5.53. The molecule has 1 heterocycles. The molecule has 0 bridgehead atoms. The molecular weight excluding hydrogens is 182 g/mol. The second kappa shape index (κ2) is 4.67. The van der Waals surface area contributed by atoms with E-state index in [4.69, 9.17) is 5.11 Å². The van der Waals surface area contributed by atoms with Gasteiger partial charge in [0.15, 0.2) is 0 Å². The van der Waals surface area contributed by atoms with Crippen LogP contribution in [0.15, 0.2) is 0 Å². The van der Waals surface area contributed by atoms with Crippen LogP contribution in [0.2, 0.25) is 0 Å². The normalized spacial score (nSPS) is 39.0. The maximum Gasteiger partial charge on any atom is 0.0546 e. The van der Waals surface area contributed by atoms with Gasteiger partial charge in [0.25, 0.3) is 0 Å². The van der Waals surface area contributed by atoms with E-state index in [9.17, 15) is 0 Å². The van der Waals surface area contributed by atoms with Crippen molar-refractivity contribution in [1.29, 1.82) is 0 Å². The highest BCUT2D eigenvalue weighted by atomic mass is 32.2. The van der Waals surface area contributed by atoms with Crippen molar-refractivity contribution in [3.05, 3.63) is 0 Å². The summed E-state index contributed by atoms with van der Waals surface area (Å²) in [5.74, 6) is 4.37. The Morgan fingerprint density at radius 1 is 1.23 bits per heavy atom. The molecule has 0 amide bonds. The maximum atomic E-state index is 9.10. The van der Waals surface area contributed by atoms with Gasteiger partial charge < -0.3 is 10.4 Å². The van der Waals surface area contributed by atoms with E-state index >= 15 is 0 Å². The zero-order valence-electron chi connectivity index (χ0n) is 8.04. The number of aliphatic hydroxyl groups is 1. The first-order valence-corrected chi connectivity index (χ1v) is 6.46. The summed E-state index contributed by atoms with van der Waals surface area (Å²) in [6, 6.07) is 0. The Hall–Kier alpha value is 0.270. The monoisotopic (exact) mass is 201 g/mol. The molecule has 2 N–H and O–H groups in total. The van der Waals surface area contributed by atoms with E-state index in [0.717, 1.165) is 31.2 Å². The zero-order valence-corrected chi connectivity index (χ0v) is 8.85. The molecule has 1 aliphatic carbocycles. The predicted octanol–water partition coefficient (Wildman–Crippen LogP) is 1.10. The van der Waals surface area contributed by atoms with Gasteiger partial charge in [-0.2, -0.15) is 11.8 Å². The van der Waals surface area contributed by atoms with Gasteiger partial charge in [0, 0.05) is 0 Å². The minimum atomic E-state index is 0.00818. The molecule has 0 radical (unpaired) electrons. The highest BCUT2D eigenvalue weighted by Gasteiger charge is 2.26. The number of hydrogen-bond acceptors (Lipinski definition) is 3. The molecule has 0 spiro atoms. The summed E-state index contributed by atoms with van der Waals surface area (Å²) >= 11 is 2.08. The first-order chi connectivity index (χ1) is 6.34. The van der Waals surface area contributed by atoms with Gasteiger partial charge in [-0.15, -0.1) is 0 Å². The second-order valence-electron chi connectivity index (χ2n) is 4.38. The number of nitrogens with one attached hydrogen (secondary N) is 1. The third-order valence-electron chi connectivity index (χ3n) is 3.10. The summed E-state index contributed by atoms with van der Waals surface area (Å²) in [4.78, 5) is 0. The van der Waals surface area contributed by atoms with Crippen LogP contribution >= 0.6 is 11.8 Å². The highest BCUT2D eigenvalue weighted by molar-refractivity contribution is 7.99. The van der Waals surface area contributed by atoms with E-state index in [1.165, 1.54) is 24.5 Å². The standard InChI is InChI=1S/C10H19NOS/c12-10-3-9(4-10)6-11-5-8-1-2-13-7-8/h8-12H,1-7H2. The van der Waals surface area contributed by atoms with E-state index in [1.54, 1.807) is 0 Å². The van der Waals surface area contributed by atoms with Crippen LogP contribution in [0.1, 0.15) is 19.3 Å². The first-order valence-electron chi connectivity index (χ1n) is 5.31. The molecule has 76 valence electrons. The van der Waals surface area contributed by atoms with E-state index in [2.05, 4.69) is 17.1 Å². The van der Waals surface area contributed by atoms with Crippen LogP contribution in [0.5, 0.6) is 0 Å². The summed E-state index contributed by atoms with van der Waals surface area (Å²) in [7, 11) is 0. The summed E-state index contributed by atoms with van der Waals surface area (Å²) < 4.78 is 0. The molecule has 1 saturated heterocycles. The van der Waals surface area contributed by atoms with E-state index in [0.29, 0.717) is 0 Å². The lowest BCUT2D eigenvalue weighted by Gasteiger charge is -2.31. The van der Waals surface area contributed by atoms with E-state index in [-0.39, 0.29) is 6.10 Å². The molecule has 1 atom stereocenters. The molecule has 2 nitrogen and oxygen atoms in total. The largest absolute Gasteiger partial charge is 0.393 e. The van der Waals surface area contributed by atoms with Crippen LogP contribution in [-0.2, 0) is 0 Å². The SMILES string of the molecule is OC1CC(CNCC2CCSC2)C1. The molecule has 2 rings (SSSR count). The number of aliphatic hydroxyl groups excluding tert-OH is 1. The van der Waals surface area contributed by atoms with Gasteiger partial charge in [-0.1, -0.05) is 0 Å². The summed E-state index contributed by atoms with van der Waals surface area (Å²) in [5, 5.41) is 12.6. The Morgan fingerprint density at radius 2 is 2.00 bits per heavy atom. The molecule has 1 saturated carbocycles. The molecule has 0 aromatic carbocycles. The molecule has 13 heavy (non-hydrogen) atoms. The van der Waals surface area contributed by atoms with Crippen LogP contribution in [0.3, 0.4) is 0 Å². The minimum absolute atomic E-state index is 0.00818. The van der Waals surface area contributed by atoms with Crippen LogP contribution in [0.4, 0.5) is 0 Å². The quantitative estimate of drug-likeness (QED) is 0.714. The van der Waals surface area contributed by atoms with Crippen LogP contribution in [0, 0.1) is 11.8 Å². The molecular formula is C10H19NOS. The third kappa shape index (κ3) is 2.86. The third-order valence-corrected chi connectivity index (χ3v) is 4.33. The van der Waals surface area contributed by atoms with Gasteiger partial charge in [0.1, 0.15) is 0 Å². The van der Waals surface area contributed by atoms with Crippen molar-refractivity contribution in [3.8, 4) is 0 Å². The van der Waals surface area contributed by atoms with Crippen molar-refractivity contribution in [3.63, 3.8) is 0 Å². The molecule has 0 aromatic heterocycles. The molecule has 1 unspecified atom stereocenters. The molecule has 2 aliphatic rings. The fourth-order valence-electron chi connectivity index (χ4n) is 2.10. The van der Waals surface area contributed by atoms with E-state index < -0.39 is 0 Å². The van der Waals surface area contributed by atoms with Crippen molar-refractivity contribution in [2.75, 3.05) is 24.6 Å². The van der Waals surface area contributed by atoms with Gasteiger partial charge in [-0.05, 0) is 55.7 Å². The van der Waals surface area contributed by atoms with Gasteiger partial charge in [0.05, 0.1) is 6.10 Å². The van der Waals surface area contributed by atoms with Crippen LogP contribution < -0.4 is 5.32 Å². The lowest BCUT2D eigenvalue weighted by Crippen LogP contribution is -2.37. The minimum Gasteiger partial charge on any atom is -0.393 e. The van der Waals surface area contributed by atoms with E-state index in [1.807, 2.05) is 0 Å². The highest BCUT2D eigenvalue weighted by Crippen LogP contribution is 2.26. The van der Waals surface area contributed by atoms with Crippen molar-refractivity contribution < 1.29 is 5.11 Å². The Bertz CT molecular complexity index is 153. The lowest BCUT2D eigenvalue weighted by molar-refractivity contribution is 0.0428. The van der Waals surface area contributed by atoms with Crippen molar-refractivity contribution in [2.45, 2.75) is 25.4 Å². The lowest BCUT2D eigenvalue weighted by atomic mass is 9.82. The average Bonchev–Trinajstić information content (AvgIpc) is 2.53. The smallest absolute Gasteiger partial charge is 0.0546 e. The molecule has 0 aromatic rings. The summed E-state index contributed by atoms with van der Waals surface area (Å²) in [6.07, 6.45) is 3.44. The Morgan fingerprint density at radius 3 is 2.62 bits per heavy atom. The Balaban J connectivity index is 1.49. The van der Waals surface area contributed by atoms with Crippen molar-refractivity contribution in [1.82, 2.24) is 5.32 Å². The van der Waals surface area contributed by atoms with Crippen molar-refractivity contribution in [2.24, 2.45) is 11.8 Å². The fourth-order valence-corrected chi connectivity index (χ4v) is 3.39. The average molecular weight is 201 g/mol. The van der Waals surface area contributed by atoms with Gasteiger partial charge in [-0.3, -0.25) is 0 Å². The number of hydrogen-bond donors (Lipinski definition) is 2. The first kappa shape index (κ1) is 9.81. The molecule has 3 heteroatoms. The predicted molar refractivity (Wildman–Crippen MR) is 57.0 cm³/mol. The maximum absolute atomic E-state index is 9.10. The zero-order chi connectivity index (χ0) is 9.10. The number of rotatable bonds is 4. The Kier molecular flexibility index (Phi) is 3.52. The van der Waals surface area contributed by atoms with Gasteiger partial charge in [0.2, 0.25) is 0 Å².